The summed E-state index contributed by atoms with van der Waals surface area (Å²) in [6.07, 6.45) is 6.87. The topological polar surface area (TPSA) is 76.8 Å². The molecule has 1 N–H and O–H groups in total. The maximum absolute atomic E-state index is 5.86. The number of nitrogens with zero attached hydrogens (tertiary/aromatic N) is 5. The van der Waals surface area contributed by atoms with Gasteiger partial charge in [-0.3, -0.25) is 5.32 Å². The van der Waals surface area contributed by atoms with E-state index in [1.54, 1.807) is 0 Å². The summed E-state index contributed by atoms with van der Waals surface area (Å²) in [6.45, 7) is 3.39. The second-order valence-electron chi connectivity index (χ2n) is 7.17. The third-order valence-electron chi connectivity index (χ3n) is 5.27. The van der Waals surface area contributed by atoms with Crippen LogP contribution in [0, 0.1) is 0 Å². The minimum absolute atomic E-state index is 0.207. The Balaban J connectivity index is 1.53. The Morgan fingerprint density at radius 3 is 3.14 bits per heavy atom. The standard InChI is InChI=1S/C20H24N6O2/c1-4-16-17-5-2-9-25(17)18-7-10-26-20(24-18)15(12-22-26)13-27-14-21-8-3-11-28-19(6-1)23-16/h1,4,6-7,10,12,17,21H,2-3,5,8-9,11,13-14H2/t17-/m1/s1. The Morgan fingerprint density at radius 1 is 1.14 bits per heavy atom. The van der Waals surface area contributed by atoms with Gasteiger partial charge >= 0.3 is 0 Å². The number of anilines is 1. The van der Waals surface area contributed by atoms with Crippen molar-refractivity contribution in [3.05, 3.63) is 47.9 Å². The summed E-state index contributed by atoms with van der Waals surface area (Å²) < 4.78 is 13.4. The summed E-state index contributed by atoms with van der Waals surface area (Å²) in [5.41, 5.74) is 2.88. The molecule has 0 unspecified atom stereocenters. The lowest BCUT2D eigenvalue weighted by molar-refractivity contribution is 0.103. The first-order valence-corrected chi connectivity index (χ1v) is 9.86. The van der Waals surface area contributed by atoms with Crippen molar-refractivity contribution >= 4 is 11.5 Å². The summed E-state index contributed by atoms with van der Waals surface area (Å²) in [5, 5.41) is 7.68. The predicted octanol–water partition coefficient (Wildman–Crippen LogP) is 2.31. The first-order chi connectivity index (χ1) is 13.9. The monoisotopic (exact) mass is 380 g/mol. The van der Waals surface area contributed by atoms with Crippen LogP contribution in [-0.4, -0.2) is 46.0 Å². The van der Waals surface area contributed by atoms with Gasteiger partial charge in [-0.05, 0) is 31.4 Å². The number of ether oxygens (including phenoxy) is 2. The van der Waals surface area contributed by atoms with E-state index in [9.17, 15) is 0 Å². The van der Waals surface area contributed by atoms with Gasteiger partial charge in [0.25, 0.3) is 0 Å². The average molecular weight is 380 g/mol. The normalized spacial score (nSPS) is 20.7. The summed E-state index contributed by atoms with van der Waals surface area (Å²) >= 11 is 0. The highest BCUT2D eigenvalue weighted by Crippen LogP contribution is 2.35. The van der Waals surface area contributed by atoms with Crippen LogP contribution < -0.4 is 15.0 Å². The lowest BCUT2D eigenvalue weighted by atomic mass is 10.1. The van der Waals surface area contributed by atoms with Crippen molar-refractivity contribution in [1.29, 1.82) is 0 Å². The molecule has 3 aromatic heterocycles. The van der Waals surface area contributed by atoms with E-state index >= 15 is 0 Å². The van der Waals surface area contributed by atoms with E-state index in [0.717, 1.165) is 55.1 Å². The summed E-state index contributed by atoms with van der Waals surface area (Å²) in [4.78, 5) is 12.0. The van der Waals surface area contributed by atoms with Crippen molar-refractivity contribution in [2.24, 2.45) is 0 Å². The average Bonchev–Trinajstić information content (AvgIpc) is 3.36. The molecule has 0 spiro atoms. The van der Waals surface area contributed by atoms with Crippen LogP contribution >= 0.6 is 0 Å². The van der Waals surface area contributed by atoms with Crippen LogP contribution in [0.5, 0.6) is 5.88 Å². The number of nitrogens with one attached hydrogen (secondary N) is 1. The molecule has 8 heteroatoms. The molecular weight excluding hydrogens is 356 g/mol. The fraction of sp³-hybridized carbons (Fsp3) is 0.450. The number of pyridine rings is 1. The van der Waals surface area contributed by atoms with Crippen molar-refractivity contribution in [2.45, 2.75) is 31.9 Å². The van der Waals surface area contributed by atoms with Crippen LogP contribution in [-0.2, 0) is 11.3 Å². The number of aromatic nitrogens is 4. The Bertz CT molecular complexity index is 959. The fourth-order valence-electron chi connectivity index (χ4n) is 3.89. The van der Waals surface area contributed by atoms with Gasteiger partial charge in [0.05, 0.1) is 37.9 Å². The minimum Gasteiger partial charge on any atom is -0.478 e. The Hall–Kier alpha value is -2.71. The maximum Gasteiger partial charge on any atom is 0.213 e. The molecule has 5 heterocycles. The molecule has 1 saturated heterocycles. The van der Waals surface area contributed by atoms with Gasteiger partial charge in [-0.1, -0.05) is 6.07 Å². The predicted molar refractivity (Wildman–Crippen MR) is 104 cm³/mol. The second-order valence-corrected chi connectivity index (χ2v) is 7.17. The molecule has 2 aliphatic heterocycles. The quantitative estimate of drug-likeness (QED) is 0.641. The van der Waals surface area contributed by atoms with E-state index < -0.39 is 0 Å². The molecule has 0 aliphatic carbocycles. The zero-order valence-corrected chi connectivity index (χ0v) is 15.8. The molecule has 8 nitrogen and oxygen atoms in total. The third kappa shape index (κ3) is 3.41. The van der Waals surface area contributed by atoms with E-state index in [4.69, 9.17) is 19.4 Å². The van der Waals surface area contributed by atoms with E-state index in [0.29, 0.717) is 25.8 Å². The van der Waals surface area contributed by atoms with Gasteiger partial charge in [-0.15, -0.1) is 0 Å². The van der Waals surface area contributed by atoms with Gasteiger partial charge in [-0.25, -0.2) is 14.5 Å². The zero-order chi connectivity index (χ0) is 18.8. The molecule has 0 aromatic carbocycles. The molecule has 5 rings (SSSR count). The number of rotatable bonds is 0. The van der Waals surface area contributed by atoms with Gasteiger partial charge in [0.2, 0.25) is 5.88 Å². The lowest BCUT2D eigenvalue weighted by Gasteiger charge is -2.25. The van der Waals surface area contributed by atoms with E-state index in [-0.39, 0.29) is 6.04 Å². The van der Waals surface area contributed by atoms with Crippen LogP contribution in [0.4, 0.5) is 5.82 Å². The molecule has 1 fully saturated rings. The Labute approximate surface area is 163 Å². The summed E-state index contributed by atoms with van der Waals surface area (Å²) in [5.74, 6) is 1.64. The SMILES string of the molecule is c1cc2nc(c1)[C@H]1CCCN1c1ccn3ncc(c3n1)COCNCCCO2. The first kappa shape index (κ1) is 17.4. The van der Waals surface area contributed by atoms with Crippen LogP contribution in [0.2, 0.25) is 0 Å². The zero-order valence-electron chi connectivity index (χ0n) is 15.8. The Morgan fingerprint density at radius 2 is 2.14 bits per heavy atom. The van der Waals surface area contributed by atoms with Crippen molar-refractivity contribution < 1.29 is 9.47 Å². The van der Waals surface area contributed by atoms with Crippen molar-refractivity contribution in [3.8, 4) is 5.88 Å². The molecule has 0 radical (unpaired) electrons. The van der Waals surface area contributed by atoms with Crippen molar-refractivity contribution in [3.63, 3.8) is 0 Å². The lowest BCUT2D eigenvalue weighted by Crippen LogP contribution is -2.24. The summed E-state index contributed by atoms with van der Waals surface area (Å²) in [6, 6.07) is 8.27. The maximum atomic E-state index is 5.86. The van der Waals surface area contributed by atoms with Crippen molar-refractivity contribution in [2.75, 3.05) is 31.3 Å². The number of fused-ring (bicyclic) bond motifs is 6. The highest BCUT2D eigenvalue weighted by molar-refractivity contribution is 5.53. The minimum atomic E-state index is 0.207. The van der Waals surface area contributed by atoms with Crippen molar-refractivity contribution in [1.82, 2.24) is 24.9 Å². The largest absolute Gasteiger partial charge is 0.478 e. The number of hydrogen-bond donors (Lipinski definition) is 1. The van der Waals surface area contributed by atoms with Gasteiger partial charge in [-0.2, -0.15) is 5.10 Å². The van der Waals surface area contributed by atoms with Crippen LogP contribution in [0.25, 0.3) is 5.65 Å². The van der Waals surface area contributed by atoms with Crippen LogP contribution in [0.1, 0.15) is 36.6 Å². The summed E-state index contributed by atoms with van der Waals surface area (Å²) in [7, 11) is 0. The van der Waals surface area contributed by atoms with Gasteiger partial charge in [0.15, 0.2) is 5.65 Å². The third-order valence-corrected chi connectivity index (χ3v) is 5.27. The molecular formula is C20H24N6O2. The molecule has 1 atom stereocenters. The highest BCUT2D eigenvalue weighted by atomic mass is 16.5. The Kier molecular flexibility index (Phi) is 4.80. The molecule has 4 bridgehead atoms. The molecule has 28 heavy (non-hydrogen) atoms. The van der Waals surface area contributed by atoms with Crippen LogP contribution in [0.3, 0.4) is 0 Å². The molecule has 146 valence electrons. The molecule has 0 saturated carbocycles. The molecule has 3 aromatic rings. The van der Waals surface area contributed by atoms with Gasteiger partial charge < -0.3 is 14.4 Å². The second kappa shape index (κ2) is 7.73. The number of hydrogen-bond acceptors (Lipinski definition) is 7. The molecule has 2 aliphatic rings. The van der Waals surface area contributed by atoms with Crippen LogP contribution in [0.15, 0.2) is 36.7 Å². The van der Waals surface area contributed by atoms with Gasteiger partial charge in [0, 0.05) is 30.9 Å². The first-order valence-electron chi connectivity index (χ1n) is 9.86. The molecule has 0 amide bonds. The smallest absolute Gasteiger partial charge is 0.213 e. The van der Waals surface area contributed by atoms with E-state index in [1.807, 2.05) is 35.1 Å². The fourth-order valence-corrected chi connectivity index (χ4v) is 3.89. The van der Waals surface area contributed by atoms with E-state index in [1.165, 1.54) is 0 Å². The van der Waals surface area contributed by atoms with E-state index in [2.05, 4.69) is 21.4 Å². The highest BCUT2D eigenvalue weighted by Gasteiger charge is 2.29. The van der Waals surface area contributed by atoms with Gasteiger partial charge in [0.1, 0.15) is 5.82 Å².